The number of hydrogen-bond acceptors (Lipinski definition) is 3. The molecular formula is C15H26N4. The van der Waals surface area contributed by atoms with E-state index in [0.717, 1.165) is 30.9 Å². The Morgan fingerprint density at radius 2 is 1.84 bits per heavy atom. The Labute approximate surface area is 115 Å². The first kappa shape index (κ1) is 13.1. The number of nitrogens with two attached hydrogens (primary N) is 1. The maximum atomic E-state index is 6.47. The molecule has 3 rings (SSSR count). The molecular weight excluding hydrogens is 236 g/mol. The number of rotatable bonds is 3. The Bertz CT molecular complexity index is 425. The van der Waals surface area contributed by atoms with Crippen LogP contribution in [-0.2, 0) is 13.5 Å². The van der Waals surface area contributed by atoms with E-state index in [1.807, 2.05) is 11.7 Å². The fraction of sp³-hybridized carbons (Fsp3) is 0.867. The highest BCUT2D eigenvalue weighted by Gasteiger charge is 2.32. The molecule has 4 nitrogen and oxygen atoms in total. The van der Waals surface area contributed by atoms with Crippen molar-refractivity contribution in [3.05, 3.63) is 11.6 Å². The summed E-state index contributed by atoms with van der Waals surface area (Å²) < 4.78 is 1.97. The van der Waals surface area contributed by atoms with Crippen molar-refractivity contribution in [1.82, 2.24) is 14.8 Å². The molecule has 0 spiro atoms. The Kier molecular flexibility index (Phi) is 3.61. The molecule has 106 valence electrons. The molecule has 19 heavy (non-hydrogen) atoms. The van der Waals surface area contributed by atoms with Gasteiger partial charge < -0.3 is 5.73 Å². The number of aromatic nitrogens is 3. The zero-order valence-electron chi connectivity index (χ0n) is 12.1. The van der Waals surface area contributed by atoms with Crippen LogP contribution >= 0.6 is 0 Å². The number of nitrogens with zero attached hydrogens (tertiary/aromatic N) is 3. The highest BCUT2D eigenvalue weighted by atomic mass is 15.3. The van der Waals surface area contributed by atoms with Gasteiger partial charge in [-0.3, -0.25) is 4.68 Å². The Morgan fingerprint density at radius 3 is 2.53 bits per heavy atom. The summed E-state index contributed by atoms with van der Waals surface area (Å²) >= 11 is 0. The zero-order valence-corrected chi connectivity index (χ0v) is 12.1. The monoisotopic (exact) mass is 262 g/mol. The van der Waals surface area contributed by atoms with E-state index >= 15 is 0 Å². The Hall–Kier alpha value is -0.900. The second kappa shape index (κ2) is 5.23. The number of hydrogen-bond donors (Lipinski definition) is 1. The zero-order chi connectivity index (χ0) is 13.3. The summed E-state index contributed by atoms with van der Waals surface area (Å²) in [6.45, 7) is 0. The van der Waals surface area contributed by atoms with E-state index in [1.54, 1.807) is 0 Å². The second-order valence-corrected chi connectivity index (χ2v) is 6.59. The highest BCUT2D eigenvalue weighted by Crippen LogP contribution is 2.32. The van der Waals surface area contributed by atoms with E-state index in [0.29, 0.717) is 5.92 Å². The van der Waals surface area contributed by atoms with Crippen molar-refractivity contribution in [1.29, 1.82) is 0 Å². The molecule has 0 atom stereocenters. The smallest absolute Gasteiger partial charge is 0.154 e. The van der Waals surface area contributed by atoms with Crippen LogP contribution in [0.3, 0.4) is 0 Å². The fourth-order valence-electron chi connectivity index (χ4n) is 3.70. The third-order valence-corrected chi connectivity index (χ3v) is 4.95. The first-order valence-electron chi connectivity index (χ1n) is 7.85. The summed E-state index contributed by atoms with van der Waals surface area (Å²) in [5.74, 6) is 2.75. The molecule has 0 aromatic carbocycles. The largest absolute Gasteiger partial charge is 0.325 e. The van der Waals surface area contributed by atoms with Crippen molar-refractivity contribution in [2.45, 2.75) is 75.7 Å². The minimum atomic E-state index is -0.0232. The molecule has 0 bridgehead atoms. The average Bonchev–Trinajstić information content (AvgIpc) is 2.99. The van der Waals surface area contributed by atoms with Crippen molar-refractivity contribution in [2.75, 3.05) is 0 Å². The van der Waals surface area contributed by atoms with Gasteiger partial charge in [-0.05, 0) is 25.7 Å². The Morgan fingerprint density at radius 1 is 1.16 bits per heavy atom. The van der Waals surface area contributed by atoms with Crippen molar-refractivity contribution < 1.29 is 0 Å². The van der Waals surface area contributed by atoms with Gasteiger partial charge in [-0.2, -0.15) is 5.10 Å². The molecule has 2 fully saturated rings. The average molecular weight is 262 g/mol. The summed E-state index contributed by atoms with van der Waals surface area (Å²) in [5, 5.41) is 4.66. The lowest BCUT2D eigenvalue weighted by Crippen LogP contribution is -2.39. The molecule has 0 amide bonds. The summed E-state index contributed by atoms with van der Waals surface area (Å²) in [7, 11) is 2.02. The molecule has 4 heteroatoms. The SMILES string of the molecule is Cn1nc(C2CCCCC2)nc1CC1(N)CCCC1. The molecule has 0 saturated heterocycles. The van der Waals surface area contributed by atoms with Gasteiger partial charge in [0.05, 0.1) is 0 Å². The first-order valence-corrected chi connectivity index (χ1v) is 7.85. The van der Waals surface area contributed by atoms with E-state index in [-0.39, 0.29) is 5.54 Å². The van der Waals surface area contributed by atoms with E-state index in [1.165, 1.54) is 44.9 Å². The molecule has 1 aromatic rings. The van der Waals surface area contributed by atoms with Crippen molar-refractivity contribution in [2.24, 2.45) is 12.8 Å². The van der Waals surface area contributed by atoms with Gasteiger partial charge in [-0.1, -0.05) is 32.1 Å². The minimum Gasteiger partial charge on any atom is -0.325 e. The first-order chi connectivity index (χ1) is 9.16. The van der Waals surface area contributed by atoms with E-state index in [4.69, 9.17) is 10.7 Å². The van der Waals surface area contributed by atoms with Crippen LogP contribution in [-0.4, -0.2) is 20.3 Å². The van der Waals surface area contributed by atoms with Crippen molar-refractivity contribution >= 4 is 0 Å². The van der Waals surface area contributed by atoms with Crippen LogP contribution in [0.15, 0.2) is 0 Å². The van der Waals surface area contributed by atoms with Crippen LogP contribution in [0.4, 0.5) is 0 Å². The molecule has 0 radical (unpaired) electrons. The maximum Gasteiger partial charge on any atom is 0.154 e. The lowest BCUT2D eigenvalue weighted by molar-refractivity contribution is 0.418. The molecule has 1 heterocycles. The number of aryl methyl sites for hydroxylation is 1. The molecule has 1 aromatic heterocycles. The predicted octanol–water partition coefficient (Wildman–Crippen LogP) is 2.68. The quantitative estimate of drug-likeness (QED) is 0.911. The summed E-state index contributed by atoms with van der Waals surface area (Å²) in [6, 6.07) is 0. The van der Waals surface area contributed by atoms with Crippen molar-refractivity contribution in [3.63, 3.8) is 0 Å². The van der Waals surface area contributed by atoms with Crippen LogP contribution in [0.2, 0.25) is 0 Å². The van der Waals surface area contributed by atoms with Crippen LogP contribution < -0.4 is 5.73 Å². The second-order valence-electron chi connectivity index (χ2n) is 6.59. The van der Waals surface area contributed by atoms with Gasteiger partial charge in [0.15, 0.2) is 5.82 Å². The molecule has 0 aliphatic heterocycles. The topological polar surface area (TPSA) is 56.7 Å². The van der Waals surface area contributed by atoms with Crippen LogP contribution in [0.5, 0.6) is 0 Å². The van der Waals surface area contributed by atoms with Gasteiger partial charge in [-0.15, -0.1) is 0 Å². The molecule has 0 unspecified atom stereocenters. The minimum absolute atomic E-state index is 0.0232. The van der Waals surface area contributed by atoms with E-state index < -0.39 is 0 Å². The van der Waals surface area contributed by atoms with E-state index in [9.17, 15) is 0 Å². The third kappa shape index (κ3) is 2.83. The van der Waals surface area contributed by atoms with Gasteiger partial charge in [0, 0.05) is 24.9 Å². The normalized spacial score (nSPS) is 23.9. The van der Waals surface area contributed by atoms with Crippen molar-refractivity contribution in [3.8, 4) is 0 Å². The van der Waals surface area contributed by atoms with Gasteiger partial charge in [0.25, 0.3) is 0 Å². The van der Waals surface area contributed by atoms with Gasteiger partial charge in [-0.25, -0.2) is 4.98 Å². The third-order valence-electron chi connectivity index (χ3n) is 4.95. The van der Waals surface area contributed by atoms with Crippen LogP contribution in [0.25, 0.3) is 0 Å². The summed E-state index contributed by atoms with van der Waals surface area (Å²) in [5.41, 5.74) is 6.44. The highest BCUT2D eigenvalue weighted by molar-refractivity contribution is 5.05. The van der Waals surface area contributed by atoms with Gasteiger partial charge >= 0.3 is 0 Å². The lowest BCUT2D eigenvalue weighted by atomic mass is 9.89. The molecule has 2 saturated carbocycles. The summed E-state index contributed by atoms with van der Waals surface area (Å²) in [4.78, 5) is 4.81. The maximum absolute atomic E-state index is 6.47. The van der Waals surface area contributed by atoms with Crippen LogP contribution in [0.1, 0.15) is 75.4 Å². The predicted molar refractivity (Wildman–Crippen MR) is 75.9 cm³/mol. The Balaban J connectivity index is 1.73. The van der Waals surface area contributed by atoms with Crippen LogP contribution in [0, 0.1) is 0 Å². The lowest BCUT2D eigenvalue weighted by Gasteiger charge is -2.22. The molecule has 2 aliphatic carbocycles. The van der Waals surface area contributed by atoms with Gasteiger partial charge in [0.1, 0.15) is 5.82 Å². The summed E-state index contributed by atoms with van der Waals surface area (Å²) in [6.07, 6.45) is 12.3. The molecule has 2 N–H and O–H groups in total. The fourth-order valence-corrected chi connectivity index (χ4v) is 3.70. The molecule has 2 aliphatic rings. The van der Waals surface area contributed by atoms with Gasteiger partial charge in [0.2, 0.25) is 0 Å². The standard InChI is InChI=1S/C15H26N4/c1-19-13(11-15(16)9-5-6-10-15)17-14(18-19)12-7-3-2-4-8-12/h12H,2-11,16H2,1H3. The van der Waals surface area contributed by atoms with E-state index in [2.05, 4.69) is 5.10 Å².